The summed E-state index contributed by atoms with van der Waals surface area (Å²) in [5, 5.41) is 0. The van der Waals surface area contributed by atoms with Crippen molar-refractivity contribution in [3.05, 3.63) is 108 Å². The van der Waals surface area contributed by atoms with E-state index in [2.05, 4.69) is 90.9 Å². The van der Waals surface area contributed by atoms with E-state index in [4.69, 9.17) is 0 Å². The molecule has 0 fully saturated rings. The topological polar surface area (TPSA) is 17.3 Å². The van der Waals surface area contributed by atoms with Crippen molar-refractivity contribution in [3.8, 4) is 0 Å². The number of rotatable bonds is 4. The van der Waals surface area contributed by atoms with Crippen LogP contribution in [0.1, 0.15) is 30.0 Å². The highest BCUT2D eigenvalue weighted by molar-refractivity contribution is 5.99. The Labute approximate surface area is 148 Å². The van der Waals surface area contributed by atoms with Gasteiger partial charge < -0.3 is 4.40 Å². The Bertz CT molecular complexity index is 1010. The summed E-state index contributed by atoms with van der Waals surface area (Å²) in [5.41, 5.74) is 7.49. The van der Waals surface area contributed by atoms with Crippen LogP contribution in [0.4, 0.5) is 0 Å². The third-order valence-electron chi connectivity index (χ3n) is 4.54. The second kappa shape index (κ2) is 6.78. The van der Waals surface area contributed by atoms with Gasteiger partial charge in [-0.1, -0.05) is 67.6 Å². The van der Waals surface area contributed by atoms with E-state index >= 15 is 0 Å². The first kappa shape index (κ1) is 15.4. The third-order valence-corrected chi connectivity index (χ3v) is 4.54. The van der Waals surface area contributed by atoms with Gasteiger partial charge >= 0.3 is 0 Å². The lowest BCUT2D eigenvalue weighted by molar-refractivity contribution is 1.15. The summed E-state index contributed by atoms with van der Waals surface area (Å²) in [7, 11) is 0. The summed E-state index contributed by atoms with van der Waals surface area (Å²) in [4.78, 5) is 4.24. The van der Waals surface area contributed by atoms with Gasteiger partial charge in [-0.3, -0.25) is 0 Å². The molecule has 25 heavy (non-hydrogen) atoms. The highest BCUT2D eigenvalue weighted by Gasteiger charge is 2.13. The zero-order valence-corrected chi connectivity index (χ0v) is 14.3. The second-order valence-corrected chi connectivity index (χ2v) is 6.08. The Hall–Kier alpha value is -3.13. The molecular formula is C23H20N2. The predicted molar refractivity (Wildman–Crippen MR) is 104 cm³/mol. The van der Waals surface area contributed by atoms with Gasteiger partial charge in [-0.15, -0.1) is 0 Å². The average molecular weight is 324 g/mol. The fraction of sp³-hybridized carbons (Fsp3) is 0.0870. The molecule has 0 spiro atoms. The number of fused-ring (bicyclic) bond motifs is 1. The minimum absolute atomic E-state index is 0.971. The van der Waals surface area contributed by atoms with Crippen LogP contribution in [-0.4, -0.2) is 9.38 Å². The van der Waals surface area contributed by atoms with E-state index in [0.717, 1.165) is 11.9 Å². The first-order valence-electron chi connectivity index (χ1n) is 8.63. The van der Waals surface area contributed by atoms with Gasteiger partial charge in [0.1, 0.15) is 0 Å². The van der Waals surface area contributed by atoms with Crippen molar-refractivity contribution in [3.63, 3.8) is 0 Å². The molecule has 0 saturated carbocycles. The Kier molecular flexibility index (Phi) is 4.17. The van der Waals surface area contributed by atoms with Crippen LogP contribution >= 0.6 is 0 Å². The van der Waals surface area contributed by atoms with E-state index in [1.165, 1.54) is 27.8 Å². The zero-order valence-electron chi connectivity index (χ0n) is 14.3. The van der Waals surface area contributed by atoms with Crippen molar-refractivity contribution in [1.82, 2.24) is 9.38 Å². The lowest BCUT2D eigenvalue weighted by Gasteiger charge is -2.16. The molecule has 0 unspecified atom stereocenters. The predicted octanol–water partition coefficient (Wildman–Crippen LogP) is 5.70. The summed E-state index contributed by atoms with van der Waals surface area (Å²) in [6, 6.07) is 25.7. The molecule has 2 heterocycles. The molecule has 0 amide bonds. The molecule has 2 aromatic heterocycles. The quantitative estimate of drug-likeness (QED) is 0.440. The smallest absolute Gasteiger partial charge is 0.0991 e. The molecular weight excluding hydrogens is 304 g/mol. The van der Waals surface area contributed by atoms with Crippen molar-refractivity contribution in [1.29, 1.82) is 0 Å². The fourth-order valence-electron chi connectivity index (χ4n) is 3.36. The van der Waals surface area contributed by atoms with Gasteiger partial charge in [0.05, 0.1) is 18.0 Å². The van der Waals surface area contributed by atoms with Crippen LogP contribution in [0, 0.1) is 0 Å². The van der Waals surface area contributed by atoms with E-state index < -0.39 is 0 Å². The molecule has 0 N–H and O–H groups in total. The molecule has 2 nitrogen and oxygen atoms in total. The van der Waals surface area contributed by atoms with Gasteiger partial charge in [-0.25, -0.2) is 4.98 Å². The maximum absolute atomic E-state index is 4.24. The minimum atomic E-state index is 0.971. The van der Waals surface area contributed by atoms with Gasteiger partial charge in [-0.2, -0.15) is 0 Å². The minimum Gasteiger partial charge on any atom is -0.306 e. The molecule has 0 aliphatic rings. The molecule has 4 aromatic rings. The largest absolute Gasteiger partial charge is 0.306 e. The highest BCUT2D eigenvalue weighted by atomic mass is 15.0. The maximum Gasteiger partial charge on any atom is 0.0991 e. The van der Waals surface area contributed by atoms with E-state index in [1.807, 2.05) is 16.9 Å². The van der Waals surface area contributed by atoms with Gasteiger partial charge in [-0.05, 0) is 46.4 Å². The Balaban J connectivity index is 2.00. The molecule has 0 atom stereocenters. The van der Waals surface area contributed by atoms with Crippen LogP contribution in [0.5, 0.6) is 0 Å². The van der Waals surface area contributed by atoms with E-state index in [0.29, 0.717) is 0 Å². The van der Waals surface area contributed by atoms with Gasteiger partial charge in [0.25, 0.3) is 0 Å². The van der Waals surface area contributed by atoms with E-state index in [-0.39, 0.29) is 0 Å². The van der Waals surface area contributed by atoms with E-state index in [9.17, 15) is 0 Å². The van der Waals surface area contributed by atoms with E-state index in [1.54, 1.807) is 0 Å². The fourth-order valence-corrected chi connectivity index (χ4v) is 3.36. The summed E-state index contributed by atoms with van der Waals surface area (Å²) in [5.74, 6) is 0. The summed E-state index contributed by atoms with van der Waals surface area (Å²) >= 11 is 0. The normalized spacial score (nSPS) is 12.2. The lowest BCUT2D eigenvalue weighted by Crippen LogP contribution is -1.96. The van der Waals surface area contributed by atoms with Gasteiger partial charge in [0.2, 0.25) is 0 Å². The van der Waals surface area contributed by atoms with Crippen LogP contribution in [-0.2, 0) is 0 Å². The standard InChI is InChI=1S/C23H20N2/c1-2-22(18-9-5-3-6-10-18)23(19-11-7-4-8-12-19)20-13-14-25-17-24-16-21(25)15-20/h3-17H,2H2,1H3/b23-22+. The van der Waals surface area contributed by atoms with Gasteiger partial charge in [0, 0.05) is 6.20 Å². The Morgan fingerprint density at radius 2 is 1.52 bits per heavy atom. The highest BCUT2D eigenvalue weighted by Crippen LogP contribution is 2.34. The summed E-state index contributed by atoms with van der Waals surface area (Å²) in [6.45, 7) is 2.22. The van der Waals surface area contributed by atoms with Crippen LogP contribution in [0.25, 0.3) is 16.7 Å². The zero-order chi connectivity index (χ0) is 17.1. The monoisotopic (exact) mass is 324 g/mol. The summed E-state index contributed by atoms with van der Waals surface area (Å²) in [6.07, 6.45) is 6.79. The van der Waals surface area contributed by atoms with Crippen molar-refractivity contribution >= 4 is 16.7 Å². The number of imidazole rings is 1. The Morgan fingerprint density at radius 3 is 2.20 bits per heavy atom. The molecule has 0 aliphatic carbocycles. The third kappa shape index (κ3) is 2.99. The lowest BCUT2D eigenvalue weighted by atomic mass is 9.88. The van der Waals surface area contributed by atoms with Crippen LogP contribution < -0.4 is 0 Å². The number of nitrogens with zero attached hydrogens (tertiary/aromatic N) is 2. The number of allylic oxidation sites excluding steroid dienone is 1. The van der Waals surface area contributed by atoms with Crippen molar-refractivity contribution in [2.45, 2.75) is 13.3 Å². The number of hydrogen-bond acceptors (Lipinski definition) is 1. The number of aromatic nitrogens is 2. The van der Waals surface area contributed by atoms with Gasteiger partial charge in [0.15, 0.2) is 0 Å². The first-order valence-corrected chi connectivity index (χ1v) is 8.63. The number of pyridine rings is 1. The van der Waals surface area contributed by atoms with Crippen LogP contribution in [0.2, 0.25) is 0 Å². The molecule has 4 rings (SSSR count). The van der Waals surface area contributed by atoms with Crippen molar-refractivity contribution < 1.29 is 0 Å². The van der Waals surface area contributed by atoms with Crippen LogP contribution in [0.3, 0.4) is 0 Å². The van der Waals surface area contributed by atoms with Crippen LogP contribution in [0.15, 0.2) is 91.5 Å². The van der Waals surface area contributed by atoms with Crippen molar-refractivity contribution in [2.75, 3.05) is 0 Å². The molecule has 0 saturated heterocycles. The SMILES string of the molecule is CC/C(=C(/c1ccccc1)c1ccn2cncc2c1)c1ccccc1. The molecule has 0 bridgehead atoms. The molecule has 0 aliphatic heterocycles. The molecule has 2 heteroatoms. The summed E-state index contributed by atoms with van der Waals surface area (Å²) < 4.78 is 2.04. The maximum atomic E-state index is 4.24. The average Bonchev–Trinajstić information content (AvgIpc) is 3.15. The number of benzene rings is 2. The molecule has 122 valence electrons. The number of hydrogen-bond donors (Lipinski definition) is 0. The molecule has 2 aromatic carbocycles. The second-order valence-electron chi connectivity index (χ2n) is 6.08. The first-order chi connectivity index (χ1) is 12.4. The van der Waals surface area contributed by atoms with Crippen molar-refractivity contribution in [2.24, 2.45) is 0 Å². The molecule has 0 radical (unpaired) electrons. The Morgan fingerprint density at radius 1 is 0.840 bits per heavy atom.